The van der Waals surface area contributed by atoms with E-state index in [4.69, 9.17) is 11.6 Å². The molecule has 0 saturated carbocycles. The number of halogens is 1. The van der Waals surface area contributed by atoms with Crippen LogP contribution in [0.2, 0.25) is 5.02 Å². The minimum absolute atomic E-state index is 0.241. The molecule has 0 aromatic heterocycles. The molecule has 102 valence electrons. The molecule has 0 saturated heterocycles. The number of carbonyl (C=O) groups excluding carboxylic acids is 1. The van der Waals surface area contributed by atoms with Crippen molar-refractivity contribution in [3.63, 3.8) is 0 Å². The second kappa shape index (κ2) is 5.80. The third-order valence-corrected chi connectivity index (χ3v) is 4.09. The number of benzene rings is 2. The number of hydrogen-bond donors (Lipinski definition) is 0. The standard InChI is InChI=1S/C18H17ClO/c19-17-6-1-3-13(10-17)11-18(20)12-14-7-8-15-4-2-5-16(15)9-14/h1,3,6-10H,2,4-5,11-12H2. The Kier molecular flexibility index (Phi) is 3.88. The van der Waals surface area contributed by atoms with Gasteiger partial charge in [0.25, 0.3) is 0 Å². The van der Waals surface area contributed by atoms with E-state index < -0.39 is 0 Å². The Bertz CT molecular complexity index is 646. The summed E-state index contributed by atoms with van der Waals surface area (Å²) in [7, 11) is 0. The molecule has 0 heterocycles. The van der Waals surface area contributed by atoms with E-state index in [1.165, 1.54) is 24.0 Å². The number of hydrogen-bond acceptors (Lipinski definition) is 1. The largest absolute Gasteiger partial charge is 0.299 e. The Morgan fingerprint density at radius 3 is 2.50 bits per heavy atom. The van der Waals surface area contributed by atoms with Gasteiger partial charge in [0.1, 0.15) is 5.78 Å². The molecule has 1 aliphatic rings. The van der Waals surface area contributed by atoms with E-state index in [-0.39, 0.29) is 5.78 Å². The molecule has 0 radical (unpaired) electrons. The summed E-state index contributed by atoms with van der Waals surface area (Å²) in [5.41, 5.74) is 5.01. The van der Waals surface area contributed by atoms with Gasteiger partial charge in [-0.2, -0.15) is 0 Å². The third kappa shape index (κ3) is 3.10. The molecule has 3 rings (SSSR count). The normalized spacial score (nSPS) is 13.2. The lowest BCUT2D eigenvalue weighted by atomic mass is 10.00. The Balaban J connectivity index is 1.67. The van der Waals surface area contributed by atoms with Crippen LogP contribution in [-0.2, 0) is 30.5 Å². The molecule has 2 aromatic rings. The maximum absolute atomic E-state index is 12.2. The molecule has 1 aliphatic carbocycles. The van der Waals surface area contributed by atoms with E-state index in [1.54, 1.807) is 0 Å². The first kappa shape index (κ1) is 13.4. The molecule has 0 aliphatic heterocycles. The summed E-state index contributed by atoms with van der Waals surface area (Å²) in [5, 5.41) is 0.688. The molecule has 0 unspecified atom stereocenters. The molecule has 0 atom stereocenters. The van der Waals surface area contributed by atoms with Crippen LogP contribution in [0.25, 0.3) is 0 Å². The predicted octanol–water partition coefficient (Wildman–Crippen LogP) is 4.18. The molecule has 0 fully saturated rings. The van der Waals surface area contributed by atoms with Gasteiger partial charge in [0.2, 0.25) is 0 Å². The zero-order valence-corrected chi connectivity index (χ0v) is 12.1. The molecular formula is C18H17ClO. The van der Waals surface area contributed by atoms with E-state index in [2.05, 4.69) is 18.2 Å². The summed E-state index contributed by atoms with van der Waals surface area (Å²) in [6.45, 7) is 0. The fourth-order valence-electron chi connectivity index (χ4n) is 2.90. The van der Waals surface area contributed by atoms with Crippen molar-refractivity contribution in [2.75, 3.05) is 0 Å². The van der Waals surface area contributed by atoms with Gasteiger partial charge in [-0.15, -0.1) is 0 Å². The van der Waals surface area contributed by atoms with Gasteiger partial charge in [-0.1, -0.05) is 41.9 Å². The topological polar surface area (TPSA) is 17.1 Å². The molecule has 1 nitrogen and oxygen atoms in total. The SMILES string of the molecule is O=C(Cc1cccc(Cl)c1)Cc1ccc2c(c1)CCC2. The summed E-state index contributed by atoms with van der Waals surface area (Å²) in [4.78, 5) is 12.2. The molecule has 2 heteroatoms. The molecule has 0 amide bonds. The summed E-state index contributed by atoms with van der Waals surface area (Å²) in [5.74, 6) is 0.241. The summed E-state index contributed by atoms with van der Waals surface area (Å²) < 4.78 is 0. The lowest BCUT2D eigenvalue weighted by molar-refractivity contribution is -0.117. The lowest BCUT2D eigenvalue weighted by Crippen LogP contribution is -2.07. The van der Waals surface area contributed by atoms with Crippen LogP contribution in [0.3, 0.4) is 0 Å². The van der Waals surface area contributed by atoms with Crippen molar-refractivity contribution in [2.45, 2.75) is 32.1 Å². The van der Waals surface area contributed by atoms with E-state index in [0.29, 0.717) is 17.9 Å². The number of ketones is 1. The first-order valence-corrected chi connectivity index (χ1v) is 7.45. The predicted molar refractivity (Wildman–Crippen MR) is 82.3 cm³/mol. The minimum Gasteiger partial charge on any atom is -0.299 e. The van der Waals surface area contributed by atoms with Gasteiger partial charge in [-0.05, 0) is 53.6 Å². The van der Waals surface area contributed by atoms with Crippen molar-refractivity contribution in [3.8, 4) is 0 Å². The third-order valence-electron chi connectivity index (χ3n) is 3.85. The van der Waals surface area contributed by atoms with Gasteiger partial charge in [0.15, 0.2) is 0 Å². The highest BCUT2D eigenvalue weighted by molar-refractivity contribution is 6.30. The van der Waals surface area contributed by atoms with Crippen molar-refractivity contribution >= 4 is 17.4 Å². The van der Waals surface area contributed by atoms with Crippen LogP contribution in [-0.4, -0.2) is 5.78 Å². The van der Waals surface area contributed by atoms with Crippen molar-refractivity contribution in [2.24, 2.45) is 0 Å². The highest BCUT2D eigenvalue weighted by Crippen LogP contribution is 2.23. The van der Waals surface area contributed by atoms with Crippen LogP contribution >= 0.6 is 11.6 Å². The average Bonchev–Trinajstić information content (AvgIpc) is 2.86. The Morgan fingerprint density at radius 1 is 0.950 bits per heavy atom. The fourth-order valence-corrected chi connectivity index (χ4v) is 3.11. The molecule has 2 aromatic carbocycles. The Labute approximate surface area is 124 Å². The summed E-state index contributed by atoms with van der Waals surface area (Å²) in [6, 6.07) is 14.0. The van der Waals surface area contributed by atoms with Gasteiger partial charge in [0, 0.05) is 17.9 Å². The number of aryl methyl sites for hydroxylation is 2. The van der Waals surface area contributed by atoms with Gasteiger partial charge in [-0.25, -0.2) is 0 Å². The zero-order chi connectivity index (χ0) is 13.9. The number of carbonyl (C=O) groups is 1. The highest BCUT2D eigenvalue weighted by Gasteiger charge is 2.12. The maximum Gasteiger partial charge on any atom is 0.141 e. The maximum atomic E-state index is 12.2. The second-order valence-corrected chi connectivity index (χ2v) is 5.92. The van der Waals surface area contributed by atoms with Crippen molar-refractivity contribution in [1.29, 1.82) is 0 Å². The van der Waals surface area contributed by atoms with Crippen LogP contribution in [0.5, 0.6) is 0 Å². The molecule has 0 N–H and O–H groups in total. The smallest absolute Gasteiger partial charge is 0.141 e. The van der Waals surface area contributed by atoms with Crippen LogP contribution in [0.1, 0.15) is 28.7 Å². The first-order valence-electron chi connectivity index (χ1n) is 7.07. The van der Waals surface area contributed by atoms with Gasteiger partial charge < -0.3 is 0 Å². The van der Waals surface area contributed by atoms with Crippen LogP contribution < -0.4 is 0 Å². The molecule has 20 heavy (non-hydrogen) atoms. The van der Waals surface area contributed by atoms with Crippen LogP contribution in [0.4, 0.5) is 0 Å². The van der Waals surface area contributed by atoms with E-state index in [0.717, 1.165) is 17.5 Å². The Morgan fingerprint density at radius 2 is 1.70 bits per heavy atom. The summed E-state index contributed by atoms with van der Waals surface area (Å²) >= 11 is 5.94. The number of fused-ring (bicyclic) bond motifs is 1. The Hall–Kier alpha value is -1.60. The van der Waals surface area contributed by atoms with Gasteiger partial charge >= 0.3 is 0 Å². The zero-order valence-electron chi connectivity index (χ0n) is 11.4. The lowest BCUT2D eigenvalue weighted by Gasteiger charge is -2.05. The van der Waals surface area contributed by atoms with E-state index in [1.807, 2.05) is 24.3 Å². The van der Waals surface area contributed by atoms with Gasteiger partial charge in [0.05, 0.1) is 0 Å². The molecule has 0 bridgehead atoms. The number of Topliss-reactive ketones (excluding diaryl/α,β-unsaturated/α-hetero) is 1. The fraction of sp³-hybridized carbons (Fsp3) is 0.278. The highest BCUT2D eigenvalue weighted by atomic mass is 35.5. The molecule has 0 spiro atoms. The minimum atomic E-state index is 0.241. The second-order valence-electron chi connectivity index (χ2n) is 5.48. The quantitative estimate of drug-likeness (QED) is 0.823. The van der Waals surface area contributed by atoms with Gasteiger partial charge in [-0.3, -0.25) is 4.79 Å². The van der Waals surface area contributed by atoms with Crippen molar-refractivity contribution in [3.05, 3.63) is 69.7 Å². The monoisotopic (exact) mass is 284 g/mol. The average molecular weight is 285 g/mol. The van der Waals surface area contributed by atoms with Crippen molar-refractivity contribution < 1.29 is 4.79 Å². The van der Waals surface area contributed by atoms with E-state index >= 15 is 0 Å². The summed E-state index contributed by atoms with van der Waals surface area (Å²) in [6.07, 6.45) is 4.56. The van der Waals surface area contributed by atoms with Crippen LogP contribution in [0.15, 0.2) is 42.5 Å². The van der Waals surface area contributed by atoms with Crippen LogP contribution in [0, 0.1) is 0 Å². The number of rotatable bonds is 4. The van der Waals surface area contributed by atoms with E-state index in [9.17, 15) is 4.79 Å². The van der Waals surface area contributed by atoms with Crippen molar-refractivity contribution in [1.82, 2.24) is 0 Å². The molecular weight excluding hydrogens is 268 g/mol. The first-order chi connectivity index (χ1) is 9.70.